The zero-order valence-corrected chi connectivity index (χ0v) is 12.9. The minimum absolute atomic E-state index is 0.148. The number of benzene rings is 2. The minimum Gasteiger partial charge on any atom is -0.390 e. The van der Waals surface area contributed by atoms with Crippen LogP contribution in [0.1, 0.15) is 32.7 Å². The monoisotopic (exact) mass is 320 g/mol. The number of nitrogens with zero attached hydrogens (tertiary/aromatic N) is 2. The molecule has 0 saturated heterocycles. The number of aliphatic hydroxyl groups is 1. The molecule has 0 spiro atoms. The van der Waals surface area contributed by atoms with E-state index in [0.29, 0.717) is 17.5 Å². The maximum absolute atomic E-state index is 12.7. The fraction of sp³-hybridized carbons (Fsp3) is 0.211. The van der Waals surface area contributed by atoms with Gasteiger partial charge in [0, 0.05) is 0 Å². The fourth-order valence-electron chi connectivity index (χ4n) is 2.99. The molecule has 5 heteroatoms. The molecule has 24 heavy (non-hydrogen) atoms. The van der Waals surface area contributed by atoms with Crippen LogP contribution in [0.5, 0.6) is 0 Å². The average molecular weight is 320 g/mol. The zero-order chi connectivity index (χ0) is 17.1. The molecule has 120 valence electrons. The number of carbonyl (C=O) groups excluding carboxylic acids is 2. The van der Waals surface area contributed by atoms with Crippen LogP contribution in [0.3, 0.4) is 0 Å². The molecule has 3 rings (SSSR count). The molecule has 5 nitrogen and oxygen atoms in total. The van der Waals surface area contributed by atoms with E-state index in [9.17, 15) is 14.7 Å². The lowest BCUT2D eigenvalue weighted by Gasteiger charge is -2.29. The van der Waals surface area contributed by atoms with Crippen LogP contribution in [0.2, 0.25) is 0 Å². The summed E-state index contributed by atoms with van der Waals surface area (Å²) in [6.45, 7) is 0. The van der Waals surface area contributed by atoms with Gasteiger partial charge in [0.2, 0.25) is 0 Å². The van der Waals surface area contributed by atoms with Gasteiger partial charge in [0.05, 0.1) is 35.8 Å². The number of nitriles is 1. The standard InChI is InChI=1S/C19H16N2O3/c20-11-10-17(22)16(12-13-6-2-1-3-7-13)21-18(23)14-8-4-5-9-15(14)19(21)24/h1-9,16-17,22H,10,12H2/t16-,17-/m0/s1. The van der Waals surface area contributed by atoms with E-state index in [1.54, 1.807) is 24.3 Å². The molecular weight excluding hydrogens is 304 g/mol. The lowest BCUT2D eigenvalue weighted by molar-refractivity contribution is 0.0350. The van der Waals surface area contributed by atoms with Gasteiger partial charge in [-0.15, -0.1) is 0 Å². The van der Waals surface area contributed by atoms with E-state index in [2.05, 4.69) is 0 Å². The third-order valence-electron chi connectivity index (χ3n) is 4.19. The van der Waals surface area contributed by atoms with Gasteiger partial charge < -0.3 is 5.11 Å². The summed E-state index contributed by atoms with van der Waals surface area (Å²) < 4.78 is 0. The first-order chi connectivity index (χ1) is 11.6. The second kappa shape index (κ2) is 6.65. The maximum Gasteiger partial charge on any atom is 0.261 e. The molecule has 2 amide bonds. The van der Waals surface area contributed by atoms with Gasteiger partial charge >= 0.3 is 0 Å². The van der Waals surface area contributed by atoms with Gasteiger partial charge in [-0.1, -0.05) is 42.5 Å². The smallest absolute Gasteiger partial charge is 0.261 e. The molecule has 2 aromatic rings. The van der Waals surface area contributed by atoms with Gasteiger partial charge in [-0.25, -0.2) is 0 Å². The summed E-state index contributed by atoms with van der Waals surface area (Å²) in [6, 6.07) is 17.0. The average Bonchev–Trinajstić information content (AvgIpc) is 2.86. The Morgan fingerprint density at radius 2 is 1.50 bits per heavy atom. The second-order valence-electron chi connectivity index (χ2n) is 5.71. The van der Waals surface area contributed by atoms with Crippen LogP contribution in [0.25, 0.3) is 0 Å². The van der Waals surface area contributed by atoms with E-state index in [1.165, 1.54) is 0 Å². The molecular formula is C19H16N2O3. The van der Waals surface area contributed by atoms with Crippen LogP contribution in [0.15, 0.2) is 54.6 Å². The number of imide groups is 1. The van der Waals surface area contributed by atoms with E-state index in [0.717, 1.165) is 10.5 Å². The number of fused-ring (bicyclic) bond motifs is 1. The van der Waals surface area contributed by atoms with Crippen molar-refractivity contribution in [3.05, 3.63) is 71.3 Å². The van der Waals surface area contributed by atoms with Crippen molar-refractivity contribution >= 4 is 11.8 Å². The Hall–Kier alpha value is -2.97. The summed E-state index contributed by atoms with van der Waals surface area (Å²) in [4.78, 5) is 26.4. The molecule has 0 saturated carbocycles. The second-order valence-corrected chi connectivity index (χ2v) is 5.71. The van der Waals surface area contributed by atoms with Crippen LogP contribution in [0.4, 0.5) is 0 Å². The Kier molecular flexibility index (Phi) is 4.41. The van der Waals surface area contributed by atoms with Crippen molar-refractivity contribution < 1.29 is 14.7 Å². The molecule has 0 aromatic heterocycles. The molecule has 0 fully saturated rings. The predicted molar refractivity (Wildman–Crippen MR) is 87.1 cm³/mol. The van der Waals surface area contributed by atoms with Crippen LogP contribution in [-0.4, -0.2) is 34.0 Å². The molecule has 0 unspecified atom stereocenters. The molecule has 1 aliphatic heterocycles. The lowest BCUT2D eigenvalue weighted by Crippen LogP contribution is -2.48. The fourth-order valence-corrected chi connectivity index (χ4v) is 2.99. The van der Waals surface area contributed by atoms with E-state index in [4.69, 9.17) is 5.26 Å². The van der Waals surface area contributed by atoms with Gasteiger partial charge in [-0.05, 0) is 24.1 Å². The van der Waals surface area contributed by atoms with Crippen LogP contribution in [0, 0.1) is 11.3 Å². The van der Waals surface area contributed by atoms with Crippen molar-refractivity contribution in [3.63, 3.8) is 0 Å². The van der Waals surface area contributed by atoms with E-state index in [-0.39, 0.29) is 6.42 Å². The molecule has 1 heterocycles. The molecule has 1 N–H and O–H groups in total. The van der Waals surface area contributed by atoms with Gasteiger partial charge in [0.25, 0.3) is 11.8 Å². The highest BCUT2D eigenvalue weighted by Gasteiger charge is 2.42. The van der Waals surface area contributed by atoms with E-state index >= 15 is 0 Å². The van der Waals surface area contributed by atoms with Crippen LogP contribution < -0.4 is 0 Å². The summed E-state index contributed by atoms with van der Waals surface area (Å²) in [5.74, 6) is -0.845. The lowest BCUT2D eigenvalue weighted by atomic mass is 9.98. The number of carbonyl (C=O) groups is 2. The molecule has 2 atom stereocenters. The molecule has 0 bridgehead atoms. The normalized spacial score (nSPS) is 15.8. The van der Waals surface area contributed by atoms with Crippen molar-refractivity contribution in [2.24, 2.45) is 0 Å². The van der Waals surface area contributed by atoms with Crippen molar-refractivity contribution in [1.29, 1.82) is 5.26 Å². The third kappa shape index (κ3) is 2.80. The molecule has 0 aliphatic carbocycles. The molecule has 0 radical (unpaired) electrons. The quantitative estimate of drug-likeness (QED) is 0.856. The molecule has 1 aliphatic rings. The summed E-state index contributed by atoms with van der Waals surface area (Å²) in [6.07, 6.45) is -0.947. The van der Waals surface area contributed by atoms with Crippen molar-refractivity contribution in [2.75, 3.05) is 0 Å². The highest BCUT2D eigenvalue weighted by Crippen LogP contribution is 2.27. The third-order valence-corrected chi connectivity index (χ3v) is 4.19. The predicted octanol–water partition coefficient (Wildman–Crippen LogP) is 2.17. The van der Waals surface area contributed by atoms with E-state index < -0.39 is 24.0 Å². The summed E-state index contributed by atoms with van der Waals surface area (Å²) in [7, 11) is 0. The van der Waals surface area contributed by atoms with Gasteiger partial charge in [0.1, 0.15) is 0 Å². The Morgan fingerprint density at radius 3 is 2.04 bits per heavy atom. The first kappa shape index (κ1) is 15.9. The maximum atomic E-state index is 12.7. The largest absolute Gasteiger partial charge is 0.390 e. The van der Waals surface area contributed by atoms with Crippen molar-refractivity contribution in [3.8, 4) is 6.07 Å². The summed E-state index contributed by atoms with van der Waals surface area (Å²) in [5.41, 5.74) is 1.56. The Labute approximate surface area is 139 Å². The SMILES string of the molecule is N#CC[C@H](O)[C@H](Cc1ccccc1)N1C(=O)c2ccccc2C1=O. The van der Waals surface area contributed by atoms with Crippen molar-refractivity contribution in [1.82, 2.24) is 4.90 Å². The Bertz CT molecular complexity index is 776. The number of rotatable bonds is 5. The van der Waals surface area contributed by atoms with Crippen LogP contribution >= 0.6 is 0 Å². The van der Waals surface area contributed by atoms with Gasteiger partial charge in [0.15, 0.2) is 0 Å². The zero-order valence-electron chi connectivity index (χ0n) is 12.9. The number of amides is 2. The van der Waals surface area contributed by atoms with Gasteiger partial charge in [-0.2, -0.15) is 5.26 Å². The molecule has 2 aromatic carbocycles. The first-order valence-electron chi connectivity index (χ1n) is 7.69. The Balaban J connectivity index is 1.96. The summed E-state index contributed by atoms with van der Waals surface area (Å²) >= 11 is 0. The first-order valence-corrected chi connectivity index (χ1v) is 7.69. The number of hydrogen-bond acceptors (Lipinski definition) is 4. The van der Waals surface area contributed by atoms with Crippen LogP contribution in [-0.2, 0) is 6.42 Å². The highest BCUT2D eigenvalue weighted by molar-refractivity contribution is 6.21. The van der Waals surface area contributed by atoms with Crippen molar-refractivity contribution in [2.45, 2.75) is 25.0 Å². The highest BCUT2D eigenvalue weighted by atomic mass is 16.3. The number of hydrogen-bond donors (Lipinski definition) is 1. The topological polar surface area (TPSA) is 81.4 Å². The number of aliphatic hydroxyl groups excluding tert-OH is 1. The van der Waals surface area contributed by atoms with E-state index in [1.807, 2.05) is 36.4 Å². The minimum atomic E-state index is -1.10. The summed E-state index contributed by atoms with van der Waals surface area (Å²) in [5, 5.41) is 19.3. The Morgan fingerprint density at radius 1 is 0.958 bits per heavy atom. The van der Waals surface area contributed by atoms with Gasteiger partial charge in [-0.3, -0.25) is 14.5 Å².